The van der Waals surface area contributed by atoms with Crippen LogP contribution < -0.4 is 5.32 Å². The third-order valence-electron chi connectivity index (χ3n) is 3.13. The highest BCUT2D eigenvalue weighted by Gasteiger charge is 2.20. The summed E-state index contributed by atoms with van der Waals surface area (Å²) in [6, 6.07) is 2.41. The first kappa shape index (κ1) is 15.2. The lowest BCUT2D eigenvalue weighted by Crippen LogP contribution is -2.37. The minimum atomic E-state index is -0.235. The number of aliphatic hydroxyl groups is 1. The van der Waals surface area contributed by atoms with Gasteiger partial charge in [-0.25, -0.2) is 0 Å². The zero-order valence-electron chi connectivity index (χ0n) is 12.1. The Morgan fingerprint density at radius 1 is 1.39 bits per heavy atom. The number of hydrogen-bond acceptors (Lipinski definition) is 3. The van der Waals surface area contributed by atoms with Gasteiger partial charge in [-0.2, -0.15) is 5.10 Å². The molecule has 4 nitrogen and oxygen atoms in total. The van der Waals surface area contributed by atoms with E-state index in [1.165, 1.54) is 0 Å². The predicted octanol–water partition coefficient (Wildman–Crippen LogP) is 2.05. The van der Waals surface area contributed by atoms with Gasteiger partial charge in [0.1, 0.15) is 0 Å². The standard InChI is InChI=1S/C14H27N3O/c1-12(6-9-17-8-5-7-16-17)15-11-14(3,4)10-13(2)18/h5,7-8,12-13,15,18H,6,9-11H2,1-4H3. The first-order valence-corrected chi connectivity index (χ1v) is 6.78. The molecule has 0 aromatic carbocycles. The molecule has 18 heavy (non-hydrogen) atoms. The number of rotatable bonds is 8. The summed E-state index contributed by atoms with van der Waals surface area (Å²) in [4.78, 5) is 0. The molecular formula is C14H27N3O. The average molecular weight is 253 g/mol. The molecule has 0 saturated heterocycles. The van der Waals surface area contributed by atoms with E-state index < -0.39 is 0 Å². The van der Waals surface area contributed by atoms with Gasteiger partial charge in [0.25, 0.3) is 0 Å². The average Bonchev–Trinajstić information content (AvgIpc) is 2.74. The first-order chi connectivity index (χ1) is 8.39. The lowest BCUT2D eigenvalue weighted by Gasteiger charge is -2.28. The molecule has 0 fully saturated rings. The maximum atomic E-state index is 9.44. The van der Waals surface area contributed by atoms with Crippen molar-refractivity contribution in [3.05, 3.63) is 18.5 Å². The summed E-state index contributed by atoms with van der Waals surface area (Å²) in [5.74, 6) is 0. The summed E-state index contributed by atoms with van der Waals surface area (Å²) >= 11 is 0. The second kappa shape index (κ2) is 6.90. The van der Waals surface area contributed by atoms with Gasteiger partial charge in [-0.05, 0) is 38.2 Å². The fourth-order valence-corrected chi connectivity index (χ4v) is 2.18. The predicted molar refractivity (Wildman–Crippen MR) is 74.4 cm³/mol. The zero-order chi connectivity index (χ0) is 13.6. The topological polar surface area (TPSA) is 50.1 Å². The summed E-state index contributed by atoms with van der Waals surface area (Å²) in [7, 11) is 0. The molecule has 2 N–H and O–H groups in total. The molecule has 104 valence electrons. The zero-order valence-corrected chi connectivity index (χ0v) is 12.1. The molecule has 0 spiro atoms. The van der Waals surface area contributed by atoms with E-state index in [2.05, 4.69) is 31.2 Å². The molecule has 2 unspecified atom stereocenters. The van der Waals surface area contributed by atoms with Crippen LogP contribution >= 0.6 is 0 Å². The van der Waals surface area contributed by atoms with Gasteiger partial charge in [0.15, 0.2) is 0 Å². The third-order valence-corrected chi connectivity index (χ3v) is 3.13. The third kappa shape index (κ3) is 6.17. The number of aromatic nitrogens is 2. The van der Waals surface area contributed by atoms with Crippen molar-refractivity contribution in [2.75, 3.05) is 6.54 Å². The van der Waals surface area contributed by atoms with Gasteiger partial charge in [-0.15, -0.1) is 0 Å². The van der Waals surface area contributed by atoms with Crippen LogP contribution in [0.2, 0.25) is 0 Å². The Balaban J connectivity index is 2.21. The summed E-state index contributed by atoms with van der Waals surface area (Å²) in [6.45, 7) is 10.3. The summed E-state index contributed by atoms with van der Waals surface area (Å²) in [5.41, 5.74) is 0.133. The lowest BCUT2D eigenvalue weighted by molar-refractivity contribution is 0.126. The normalized spacial score (nSPS) is 15.6. The second-order valence-corrected chi connectivity index (χ2v) is 6.06. The SMILES string of the molecule is CC(O)CC(C)(C)CNC(C)CCn1cccn1. The van der Waals surface area contributed by atoms with Crippen LogP contribution in [0.1, 0.15) is 40.5 Å². The fraction of sp³-hybridized carbons (Fsp3) is 0.786. The number of hydrogen-bond donors (Lipinski definition) is 2. The van der Waals surface area contributed by atoms with Crippen molar-refractivity contribution in [2.45, 2.75) is 59.2 Å². The Morgan fingerprint density at radius 3 is 2.67 bits per heavy atom. The van der Waals surface area contributed by atoms with Crippen molar-refractivity contribution in [1.29, 1.82) is 0 Å². The van der Waals surface area contributed by atoms with Crippen LogP contribution in [-0.4, -0.2) is 33.6 Å². The van der Waals surface area contributed by atoms with E-state index in [-0.39, 0.29) is 11.5 Å². The molecule has 0 saturated carbocycles. The number of nitrogens with one attached hydrogen (secondary N) is 1. The molecule has 0 aliphatic heterocycles. The largest absolute Gasteiger partial charge is 0.393 e. The molecule has 1 aromatic heterocycles. The highest BCUT2D eigenvalue weighted by atomic mass is 16.3. The monoisotopic (exact) mass is 253 g/mol. The highest BCUT2D eigenvalue weighted by Crippen LogP contribution is 2.21. The van der Waals surface area contributed by atoms with Crippen LogP contribution in [0.25, 0.3) is 0 Å². The molecule has 1 aromatic rings. The van der Waals surface area contributed by atoms with Gasteiger partial charge in [0, 0.05) is 31.5 Å². The van der Waals surface area contributed by atoms with Gasteiger partial charge in [0.05, 0.1) is 6.10 Å². The van der Waals surface area contributed by atoms with Crippen LogP contribution in [-0.2, 0) is 6.54 Å². The van der Waals surface area contributed by atoms with Crippen molar-refractivity contribution in [2.24, 2.45) is 5.41 Å². The van der Waals surface area contributed by atoms with Crippen molar-refractivity contribution in [3.8, 4) is 0 Å². The Morgan fingerprint density at radius 2 is 2.11 bits per heavy atom. The van der Waals surface area contributed by atoms with Crippen molar-refractivity contribution in [3.63, 3.8) is 0 Å². The van der Waals surface area contributed by atoms with Gasteiger partial charge in [-0.3, -0.25) is 4.68 Å². The van der Waals surface area contributed by atoms with E-state index in [4.69, 9.17) is 0 Å². The molecule has 1 rings (SSSR count). The highest BCUT2D eigenvalue weighted by molar-refractivity contribution is 4.79. The molecule has 2 atom stereocenters. The molecule has 0 aliphatic rings. The van der Waals surface area contributed by atoms with Crippen LogP contribution in [0.4, 0.5) is 0 Å². The van der Waals surface area contributed by atoms with Crippen molar-refractivity contribution < 1.29 is 5.11 Å². The van der Waals surface area contributed by atoms with Crippen LogP contribution in [0.3, 0.4) is 0 Å². The summed E-state index contributed by atoms with van der Waals surface area (Å²) < 4.78 is 1.96. The Kier molecular flexibility index (Phi) is 5.82. The van der Waals surface area contributed by atoms with Crippen LogP contribution in [0.5, 0.6) is 0 Å². The van der Waals surface area contributed by atoms with Crippen LogP contribution in [0, 0.1) is 5.41 Å². The molecule has 4 heteroatoms. The molecule has 0 aliphatic carbocycles. The van der Waals surface area contributed by atoms with Gasteiger partial charge in [-0.1, -0.05) is 13.8 Å². The maximum Gasteiger partial charge on any atom is 0.0517 e. The van der Waals surface area contributed by atoms with Gasteiger partial charge >= 0.3 is 0 Å². The number of aryl methyl sites for hydroxylation is 1. The Labute approximate surface area is 110 Å². The maximum absolute atomic E-state index is 9.44. The number of nitrogens with zero attached hydrogens (tertiary/aromatic N) is 2. The van der Waals surface area contributed by atoms with Crippen LogP contribution in [0.15, 0.2) is 18.5 Å². The van der Waals surface area contributed by atoms with Crippen molar-refractivity contribution in [1.82, 2.24) is 15.1 Å². The Hall–Kier alpha value is -0.870. The van der Waals surface area contributed by atoms with Crippen molar-refractivity contribution >= 4 is 0 Å². The van der Waals surface area contributed by atoms with Gasteiger partial charge < -0.3 is 10.4 Å². The molecule has 1 heterocycles. The molecule has 0 amide bonds. The van der Waals surface area contributed by atoms with E-state index >= 15 is 0 Å². The first-order valence-electron chi connectivity index (χ1n) is 6.78. The fourth-order valence-electron chi connectivity index (χ4n) is 2.18. The molecule has 0 bridgehead atoms. The summed E-state index contributed by atoms with van der Waals surface area (Å²) in [5, 5.41) is 17.2. The summed E-state index contributed by atoms with van der Waals surface area (Å²) in [6.07, 6.45) is 5.45. The smallest absolute Gasteiger partial charge is 0.0517 e. The van der Waals surface area contributed by atoms with E-state index in [0.29, 0.717) is 6.04 Å². The van der Waals surface area contributed by atoms with Gasteiger partial charge in [0.2, 0.25) is 0 Å². The van der Waals surface area contributed by atoms with E-state index in [0.717, 1.165) is 25.9 Å². The minimum absolute atomic E-state index is 0.133. The van der Waals surface area contributed by atoms with E-state index in [1.54, 1.807) is 0 Å². The molecule has 0 radical (unpaired) electrons. The quantitative estimate of drug-likeness (QED) is 0.745. The molecular weight excluding hydrogens is 226 g/mol. The second-order valence-electron chi connectivity index (χ2n) is 6.06. The van der Waals surface area contributed by atoms with E-state index in [9.17, 15) is 5.11 Å². The number of aliphatic hydroxyl groups excluding tert-OH is 1. The van der Waals surface area contributed by atoms with E-state index in [1.807, 2.05) is 30.1 Å². The minimum Gasteiger partial charge on any atom is -0.393 e. The lowest BCUT2D eigenvalue weighted by atomic mass is 9.86. The Bertz CT molecular complexity index is 320.